The predicted octanol–water partition coefficient (Wildman–Crippen LogP) is 2.59. The predicted molar refractivity (Wildman–Crippen MR) is 69.5 cm³/mol. The quantitative estimate of drug-likeness (QED) is 0.631. The summed E-state index contributed by atoms with van der Waals surface area (Å²) < 4.78 is 5.20. The second-order valence-electron chi connectivity index (χ2n) is 3.91. The summed E-state index contributed by atoms with van der Waals surface area (Å²) in [6.45, 7) is 0. The van der Waals surface area contributed by atoms with Gasteiger partial charge in [-0.05, 0) is 12.1 Å². The molecule has 2 aromatic heterocycles. The standard InChI is InChI=1S/C13H11BrN3/c1-16-12(10-3-5-11(14)6-4-10)9-17-8-2-7-15-13(16)17/h2-9H,1H3/q+1. The van der Waals surface area contributed by atoms with Crippen LogP contribution in [0.5, 0.6) is 0 Å². The summed E-state index contributed by atoms with van der Waals surface area (Å²) >= 11 is 3.45. The molecule has 0 unspecified atom stereocenters. The second-order valence-corrected chi connectivity index (χ2v) is 4.82. The van der Waals surface area contributed by atoms with E-state index in [2.05, 4.69) is 43.8 Å². The van der Waals surface area contributed by atoms with Crippen molar-refractivity contribution in [2.75, 3.05) is 0 Å². The topological polar surface area (TPSA) is 21.9 Å². The first-order valence-corrected chi connectivity index (χ1v) is 6.12. The Hall–Kier alpha value is -1.68. The van der Waals surface area contributed by atoms with Crippen molar-refractivity contribution in [3.05, 3.63) is 53.4 Å². The van der Waals surface area contributed by atoms with Gasteiger partial charge in [-0.15, -0.1) is 0 Å². The van der Waals surface area contributed by atoms with Crippen LogP contribution in [0.15, 0.2) is 53.4 Å². The number of benzene rings is 1. The highest BCUT2D eigenvalue weighted by atomic mass is 79.9. The number of rotatable bonds is 1. The molecule has 3 nitrogen and oxygen atoms in total. The average molecular weight is 289 g/mol. The molecule has 0 saturated carbocycles. The third kappa shape index (κ3) is 1.74. The molecule has 0 bridgehead atoms. The fourth-order valence-corrected chi connectivity index (χ4v) is 2.21. The number of hydrogen-bond donors (Lipinski definition) is 0. The molecule has 0 aliphatic carbocycles. The van der Waals surface area contributed by atoms with E-state index in [1.807, 2.05) is 35.8 Å². The lowest BCUT2D eigenvalue weighted by atomic mass is 10.2. The summed E-state index contributed by atoms with van der Waals surface area (Å²) in [5, 5.41) is 0. The van der Waals surface area contributed by atoms with Crippen molar-refractivity contribution in [2.45, 2.75) is 0 Å². The van der Waals surface area contributed by atoms with Crippen molar-refractivity contribution in [3.8, 4) is 11.3 Å². The number of aryl methyl sites for hydroxylation is 1. The molecule has 0 N–H and O–H groups in total. The molecule has 0 atom stereocenters. The highest BCUT2D eigenvalue weighted by Gasteiger charge is 2.14. The molecule has 0 radical (unpaired) electrons. The number of halogens is 1. The summed E-state index contributed by atoms with van der Waals surface area (Å²) in [5.74, 6) is 0.936. The fraction of sp³-hybridized carbons (Fsp3) is 0.0769. The lowest BCUT2D eigenvalue weighted by molar-refractivity contribution is -0.513. The van der Waals surface area contributed by atoms with Crippen LogP contribution in [0, 0.1) is 0 Å². The Morgan fingerprint density at radius 2 is 2.00 bits per heavy atom. The summed E-state index contributed by atoms with van der Waals surface area (Å²) in [6, 6.07) is 10.2. The molecular formula is C13H11BrN3+. The Bertz CT molecular complexity index is 671. The zero-order valence-electron chi connectivity index (χ0n) is 9.34. The fourth-order valence-electron chi connectivity index (χ4n) is 1.95. The van der Waals surface area contributed by atoms with E-state index in [0.717, 1.165) is 15.9 Å². The van der Waals surface area contributed by atoms with E-state index in [1.165, 1.54) is 5.56 Å². The van der Waals surface area contributed by atoms with Gasteiger partial charge in [-0.2, -0.15) is 0 Å². The molecule has 2 heterocycles. The van der Waals surface area contributed by atoms with Crippen LogP contribution in [0.3, 0.4) is 0 Å². The smallest absolute Gasteiger partial charge is 0.227 e. The van der Waals surface area contributed by atoms with Gasteiger partial charge < -0.3 is 0 Å². The van der Waals surface area contributed by atoms with Crippen LogP contribution in [0.4, 0.5) is 0 Å². The monoisotopic (exact) mass is 288 g/mol. The van der Waals surface area contributed by atoms with Gasteiger partial charge in [0.25, 0.3) is 0 Å². The van der Waals surface area contributed by atoms with Gasteiger partial charge in [0, 0.05) is 16.1 Å². The van der Waals surface area contributed by atoms with Gasteiger partial charge in [0.15, 0.2) is 0 Å². The first kappa shape index (κ1) is 10.5. The molecule has 4 heteroatoms. The molecule has 84 valence electrons. The van der Waals surface area contributed by atoms with Gasteiger partial charge in [0.1, 0.15) is 18.1 Å². The molecule has 0 amide bonds. The van der Waals surface area contributed by atoms with Crippen molar-refractivity contribution < 1.29 is 4.40 Å². The Balaban J connectivity index is 2.24. The summed E-state index contributed by atoms with van der Waals surface area (Å²) in [7, 11) is 2.03. The summed E-state index contributed by atoms with van der Waals surface area (Å²) in [5.41, 5.74) is 2.33. The normalized spacial score (nSPS) is 10.9. The van der Waals surface area contributed by atoms with Crippen LogP contribution in [-0.2, 0) is 7.05 Å². The number of aromatic nitrogens is 3. The minimum Gasteiger partial charge on any atom is -0.227 e. The molecule has 1 aromatic carbocycles. The van der Waals surface area contributed by atoms with Crippen molar-refractivity contribution in [3.63, 3.8) is 0 Å². The number of nitrogens with zero attached hydrogens (tertiary/aromatic N) is 3. The van der Waals surface area contributed by atoms with Gasteiger partial charge in [-0.25, -0.2) is 8.97 Å². The number of hydrogen-bond acceptors (Lipinski definition) is 1. The van der Waals surface area contributed by atoms with Gasteiger partial charge in [-0.3, -0.25) is 0 Å². The number of fused-ring (bicyclic) bond motifs is 1. The van der Waals surface area contributed by atoms with Crippen molar-refractivity contribution in [1.29, 1.82) is 0 Å². The molecular weight excluding hydrogens is 278 g/mol. The molecule has 0 fully saturated rings. The Morgan fingerprint density at radius 1 is 1.24 bits per heavy atom. The van der Waals surface area contributed by atoms with E-state index in [9.17, 15) is 0 Å². The lowest BCUT2D eigenvalue weighted by Gasteiger charge is -1.97. The molecule has 3 aromatic rings. The highest BCUT2D eigenvalue weighted by molar-refractivity contribution is 9.10. The van der Waals surface area contributed by atoms with E-state index >= 15 is 0 Å². The van der Waals surface area contributed by atoms with Crippen LogP contribution in [-0.4, -0.2) is 9.55 Å². The van der Waals surface area contributed by atoms with Crippen LogP contribution >= 0.6 is 15.9 Å². The molecule has 0 aliphatic rings. The minimum atomic E-state index is 0.936. The van der Waals surface area contributed by atoms with Crippen LogP contribution in [0.25, 0.3) is 17.0 Å². The van der Waals surface area contributed by atoms with Crippen LogP contribution in [0.1, 0.15) is 0 Å². The minimum absolute atomic E-state index is 0.936. The zero-order chi connectivity index (χ0) is 11.8. The third-order valence-corrected chi connectivity index (χ3v) is 3.35. The molecule has 17 heavy (non-hydrogen) atoms. The van der Waals surface area contributed by atoms with Crippen molar-refractivity contribution in [1.82, 2.24) is 9.55 Å². The SMILES string of the molecule is Cn1c(-c2ccc(Br)cc2)c[n+]2cccnc12. The summed E-state index contributed by atoms with van der Waals surface area (Å²) in [6.07, 6.45) is 5.90. The van der Waals surface area contributed by atoms with Gasteiger partial charge in [-0.1, -0.05) is 33.0 Å². The average Bonchev–Trinajstić information content (AvgIpc) is 2.69. The maximum Gasteiger partial charge on any atom is 0.403 e. The van der Waals surface area contributed by atoms with Gasteiger partial charge in [0.05, 0.1) is 13.2 Å². The Kier molecular flexibility index (Phi) is 2.44. The van der Waals surface area contributed by atoms with E-state index in [1.54, 1.807) is 6.20 Å². The molecule has 0 spiro atoms. The molecule has 3 rings (SSSR count). The van der Waals surface area contributed by atoms with E-state index < -0.39 is 0 Å². The van der Waals surface area contributed by atoms with E-state index in [-0.39, 0.29) is 0 Å². The van der Waals surface area contributed by atoms with E-state index in [0.29, 0.717) is 0 Å². The van der Waals surface area contributed by atoms with Gasteiger partial charge >= 0.3 is 5.78 Å². The lowest BCUT2D eigenvalue weighted by Crippen LogP contribution is -2.19. The Morgan fingerprint density at radius 3 is 2.71 bits per heavy atom. The van der Waals surface area contributed by atoms with Crippen LogP contribution in [0.2, 0.25) is 0 Å². The third-order valence-electron chi connectivity index (χ3n) is 2.82. The maximum absolute atomic E-state index is 4.36. The number of imidazole rings is 1. The Labute approximate surface area is 107 Å². The second kappa shape index (κ2) is 3.96. The molecule has 0 saturated heterocycles. The van der Waals surface area contributed by atoms with Crippen LogP contribution < -0.4 is 4.40 Å². The first-order valence-electron chi connectivity index (χ1n) is 5.33. The first-order chi connectivity index (χ1) is 8.25. The summed E-state index contributed by atoms with van der Waals surface area (Å²) in [4.78, 5) is 4.36. The highest BCUT2D eigenvalue weighted by Crippen LogP contribution is 2.21. The zero-order valence-corrected chi connectivity index (χ0v) is 10.9. The van der Waals surface area contributed by atoms with Gasteiger partial charge in [0.2, 0.25) is 0 Å². The van der Waals surface area contributed by atoms with Crippen molar-refractivity contribution in [2.24, 2.45) is 7.05 Å². The maximum atomic E-state index is 4.36. The molecule has 0 aliphatic heterocycles. The van der Waals surface area contributed by atoms with E-state index in [4.69, 9.17) is 0 Å². The largest absolute Gasteiger partial charge is 0.403 e. The van der Waals surface area contributed by atoms with Crippen molar-refractivity contribution >= 4 is 21.7 Å².